The summed E-state index contributed by atoms with van der Waals surface area (Å²) >= 11 is 4.45. The zero-order valence-electron chi connectivity index (χ0n) is 10.2. The van der Waals surface area contributed by atoms with Gasteiger partial charge >= 0.3 is 6.18 Å². The lowest BCUT2D eigenvalue weighted by Crippen LogP contribution is -2.39. The number of nitrogens with zero attached hydrogens (tertiary/aromatic N) is 1. The van der Waals surface area contributed by atoms with Crippen LogP contribution in [0.1, 0.15) is 0 Å². The van der Waals surface area contributed by atoms with Crippen LogP contribution in [0, 0.1) is 5.92 Å². The molecule has 0 fully saturated rings. The Morgan fingerprint density at radius 1 is 1.30 bits per heavy atom. The molecule has 2 N–H and O–H groups in total. The Morgan fingerprint density at radius 2 is 1.95 bits per heavy atom. The Labute approximate surface area is 117 Å². The van der Waals surface area contributed by atoms with Gasteiger partial charge < -0.3 is 10.3 Å². The van der Waals surface area contributed by atoms with Gasteiger partial charge in [0.2, 0.25) is 0 Å². The minimum atomic E-state index is -4.57. The zero-order chi connectivity index (χ0) is 14.9. The van der Waals surface area contributed by atoms with Crippen LogP contribution in [0.2, 0.25) is 0 Å². The molecule has 0 saturated carbocycles. The van der Waals surface area contributed by atoms with E-state index in [0.717, 1.165) is 4.57 Å². The van der Waals surface area contributed by atoms with E-state index in [2.05, 4.69) is 12.2 Å². The van der Waals surface area contributed by atoms with Gasteiger partial charge in [0.15, 0.2) is 0 Å². The highest BCUT2D eigenvalue weighted by Crippen LogP contribution is 2.27. The lowest BCUT2D eigenvalue weighted by molar-refractivity contribution is -0.158. The monoisotopic (exact) mass is 300 g/mol. The van der Waals surface area contributed by atoms with Crippen molar-refractivity contribution >= 4 is 28.0 Å². The van der Waals surface area contributed by atoms with E-state index >= 15 is 0 Å². The normalized spacial score (nSPS) is 13.3. The Bertz CT molecular complexity index is 709. The fourth-order valence-electron chi connectivity index (χ4n) is 1.93. The quantitative estimate of drug-likeness (QED) is 0.886. The van der Waals surface area contributed by atoms with E-state index < -0.39 is 29.2 Å². The van der Waals surface area contributed by atoms with Crippen molar-refractivity contribution in [1.29, 1.82) is 0 Å². The second-order valence-corrected chi connectivity index (χ2v) is 4.83. The molecule has 1 atom stereocenters. The van der Waals surface area contributed by atoms with Crippen LogP contribution in [0.25, 0.3) is 10.8 Å². The molecule has 1 unspecified atom stereocenters. The van der Waals surface area contributed by atoms with E-state index in [1.165, 1.54) is 6.20 Å². The summed E-state index contributed by atoms with van der Waals surface area (Å²) in [6.07, 6.45) is -3.25. The predicted octanol–water partition coefficient (Wildman–Crippen LogP) is 2.47. The van der Waals surface area contributed by atoms with Gasteiger partial charge in [0, 0.05) is 18.1 Å². The van der Waals surface area contributed by atoms with Crippen LogP contribution < -0.4 is 11.3 Å². The van der Waals surface area contributed by atoms with Crippen LogP contribution in [-0.2, 0) is 6.54 Å². The van der Waals surface area contributed by atoms with Gasteiger partial charge in [-0.2, -0.15) is 13.2 Å². The topological polar surface area (TPSA) is 48.0 Å². The number of nitrogens with two attached hydrogens (primary N) is 1. The fraction of sp³-hybridized carbons (Fsp3) is 0.231. The van der Waals surface area contributed by atoms with Crippen molar-refractivity contribution in [2.75, 3.05) is 0 Å². The summed E-state index contributed by atoms with van der Waals surface area (Å²) in [5.74, 6) is -2.02. The van der Waals surface area contributed by atoms with E-state index in [1.54, 1.807) is 30.3 Å². The summed E-state index contributed by atoms with van der Waals surface area (Å²) in [4.78, 5) is 11.5. The molecule has 3 nitrogen and oxygen atoms in total. The van der Waals surface area contributed by atoms with Crippen LogP contribution in [0.3, 0.4) is 0 Å². The van der Waals surface area contributed by atoms with Gasteiger partial charge in [-0.25, -0.2) is 0 Å². The Balaban J connectivity index is 2.46. The van der Waals surface area contributed by atoms with Gasteiger partial charge in [0.25, 0.3) is 5.56 Å². The molecule has 0 spiro atoms. The highest BCUT2D eigenvalue weighted by Gasteiger charge is 2.42. The minimum Gasteiger partial charge on any atom is -0.393 e. The number of hydrogen-bond donors (Lipinski definition) is 1. The standard InChI is InChI=1S/C13H11F3N2OS/c14-13(15,16)10(11(17)20)7-18-6-5-8-3-1-2-4-9(8)12(18)19/h1-6,10H,7H2,(H2,17,20). The molecular weight excluding hydrogens is 289 g/mol. The van der Waals surface area contributed by atoms with E-state index in [0.29, 0.717) is 10.8 Å². The third-order valence-corrected chi connectivity index (χ3v) is 3.29. The summed E-state index contributed by atoms with van der Waals surface area (Å²) in [5, 5.41) is 1.03. The smallest absolute Gasteiger partial charge is 0.393 e. The first kappa shape index (κ1) is 14.5. The van der Waals surface area contributed by atoms with Gasteiger partial charge in [-0.1, -0.05) is 30.4 Å². The molecule has 0 bridgehead atoms. The first-order valence-electron chi connectivity index (χ1n) is 5.75. The number of pyridine rings is 1. The van der Waals surface area contributed by atoms with E-state index in [9.17, 15) is 18.0 Å². The fourth-order valence-corrected chi connectivity index (χ4v) is 2.13. The molecule has 1 aromatic heterocycles. The van der Waals surface area contributed by atoms with Gasteiger partial charge in [0.1, 0.15) is 5.92 Å². The molecule has 7 heteroatoms. The van der Waals surface area contributed by atoms with E-state index in [1.807, 2.05) is 0 Å². The minimum absolute atomic E-state index is 0.360. The lowest BCUT2D eigenvalue weighted by Gasteiger charge is -2.20. The number of fused-ring (bicyclic) bond motifs is 1. The molecule has 0 saturated heterocycles. The Morgan fingerprint density at radius 3 is 2.55 bits per heavy atom. The molecule has 1 heterocycles. The van der Waals surface area contributed by atoms with Gasteiger partial charge in [-0.15, -0.1) is 0 Å². The molecular formula is C13H11F3N2OS. The second kappa shape index (κ2) is 5.24. The largest absolute Gasteiger partial charge is 0.399 e. The number of aromatic nitrogens is 1. The average molecular weight is 300 g/mol. The molecule has 0 radical (unpaired) electrons. The van der Waals surface area contributed by atoms with Crippen molar-refractivity contribution in [3.63, 3.8) is 0 Å². The summed E-state index contributed by atoms with van der Waals surface area (Å²) in [5.41, 5.74) is 4.64. The summed E-state index contributed by atoms with van der Waals surface area (Å²) < 4.78 is 39.4. The predicted molar refractivity (Wildman–Crippen MR) is 74.5 cm³/mol. The molecule has 106 valence electrons. The summed E-state index contributed by atoms with van der Waals surface area (Å²) in [6.45, 7) is -0.609. The summed E-state index contributed by atoms with van der Waals surface area (Å²) in [7, 11) is 0. The highest BCUT2D eigenvalue weighted by atomic mass is 32.1. The molecule has 0 aliphatic rings. The molecule has 2 rings (SSSR count). The third kappa shape index (κ3) is 2.82. The number of halogens is 3. The van der Waals surface area contributed by atoms with Crippen molar-refractivity contribution in [2.45, 2.75) is 12.7 Å². The van der Waals surface area contributed by atoms with Gasteiger partial charge in [-0.3, -0.25) is 4.79 Å². The van der Waals surface area contributed by atoms with E-state index in [4.69, 9.17) is 5.73 Å². The van der Waals surface area contributed by atoms with Gasteiger partial charge in [0.05, 0.1) is 4.99 Å². The maximum absolute atomic E-state index is 12.8. The maximum atomic E-state index is 12.8. The molecule has 1 aromatic carbocycles. The van der Waals surface area contributed by atoms with Crippen LogP contribution in [0.15, 0.2) is 41.3 Å². The lowest BCUT2D eigenvalue weighted by atomic mass is 10.1. The zero-order valence-corrected chi connectivity index (χ0v) is 11.0. The van der Waals surface area contributed by atoms with Crippen LogP contribution in [-0.4, -0.2) is 15.7 Å². The molecule has 20 heavy (non-hydrogen) atoms. The molecule has 2 aromatic rings. The SMILES string of the molecule is NC(=S)C(Cn1ccc2ccccc2c1=O)C(F)(F)F. The average Bonchev–Trinajstić information content (AvgIpc) is 2.36. The maximum Gasteiger partial charge on any atom is 0.399 e. The Hall–Kier alpha value is -1.89. The summed E-state index contributed by atoms with van der Waals surface area (Å²) in [6, 6.07) is 8.28. The van der Waals surface area contributed by atoms with Crippen molar-refractivity contribution < 1.29 is 13.2 Å². The third-order valence-electron chi connectivity index (χ3n) is 3.00. The van der Waals surface area contributed by atoms with E-state index in [-0.39, 0.29) is 0 Å². The van der Waals surface area contributed by atoms with Crippen molar-refractivity contribution in [2.24, 2.45) is 11.7 Å². The number of hydrogen-bond acceptors (Lipinski definition) is 2. The number of thiocarbonyl (C=S) groups is 1. The second-order valence-electron chi connectivity index (χ2n) is 4.36. The first-order valence-corrected chi connectivity index (χ1v) is 6.16. The first-order chi connectivity index (χ1) is 9.30. The number of benzene rings is 1. The van der Waals surface area contributed by atoms with Crippen molar-refractivity contribution in [3.8, 4) is 0 Å². The number of rotatable bonds is 3. The molecule has 0 aliphatic heterocycles. The Kier molecular flexibility index (Phi) is 3.80. The number of alkyl halides is 3. The van der Waals surface area contributed by atoms with Crippen molar-refractivity contribution in [3.05, 3.63) is 46.9 Å². The van der Waals surface area contributed by atoms with Crippen LogP contribution >= 0.6 is 12.2 Å². The van der Waals surface area contributed by atoms with Gasteiger partial charge in [-0.05, 0) is 17.5 Å². The molecule has 0 aliphatic carbocycles. The van der Waals surface area contributed by atoms with Crippen LogP contribution in [0.4, 0.5) is 13.2 Å². The molecule has 0 amide bonds. The highest BCUT2D eigenvalue weighted by molar-refractivity contribution is 7.80. The van der Waals surface area contributed by atoms with Crippen LogP contribution in [0.5, 0.6) is 0 Å². The van der Waals surface area contributed by atoms with Crippen molar-refractivity contribution in [1.82, 2.24) is 4.57 Å².